The van der Waals surface area contributed by atoms with Gasteiger partial charge >= 0.3 is 0 Å². The molecule has 1 atom stereocenters. The Balaban J connectivity index is 1.73. The molecule has 0 radical (unpaired) electrons. The fourth-order valence-electron chi connectivity index (χ4n) is 3.20. The van der Waals surface area contributed by atoms with Crippen molar-refractivity contribution in [3.8, 4) is 10.6 Å². The van der Waals surface area contributed by atoms with E-state index >= 15 is 0 Å². The summed E-state index contributed by atoms with van der Waals surface area (Å²) in [6, 6.07) is 4.17. The van der Waals surface area contributed by atoms with Crippen molar-refractivity contribution in [2.75, 3.05) is 32.8 Å². The molecule has 1 N–H and O–H groups in total. The highest BCUT2D eigenvalue weighted by atomic mass is 32.1. The van der Waals surface area contributed by atoms with Crippen molar-refractivity contribution in [2.24, 2.45) is 7.05 Å². The van der Waals surface area contributed by atoms with Crippen LogP contribution in [-0.4, -0.2) is 69.4 Å². The highest BCUT2D eigenvalue weighted by molar-refractivity contribution is 7.13. The van der Waals surface area contributed by atoms with Crippen LogP contribution in [0.5, 0.6) is 0 Å². The Labute approximate surface area is 146 Å². The molecule has 2 aromatic rings. The molecule has 0 bridgehead atoms. The summed E-state index contributed by atoms with van der Waals surface area (Å²) < 4.78 is 1.71. The maximum atomic E-state index is 13.0. The first kappa shape index (κ1) is 17.1. The molecule has 1 unspecified atom stereocenters. The molecule has 6 nitrogen and oxygen atoms in total. The number of nitrogens with zero attached hydrogens (tertiary/aromatic N) is 4. The van der Waals surface area contributed by atoms with Gasteiger partial charge in [-0.3, -0.25) is 14.4 Å². The van der Waals surface area contributed by atoms with Crippen molar-refractivity contribution in [2.45, 2.75) is 19.4 Å². The molecule has 24 heavy (non-hydrogen) atoms. The van der Waals surface area contributed by atoms with E-state index in [-0.39, 0.29) is 18.6 Å². The van der Waals surface area contributed by atoms with Gasteiger partial charge < -0.3 is 10.0 Å². The third-order valence-electron chi connectivity index (χ3n) is 4.61. The molecule has 1 aliphatic heterocycles. The number of hydrogen-bond acceptors (Lipinski definition) is 5. The number of aromatic nitrogens is 2. The Kier molecular flexibility index (Phi) is 5.33. The van der Waals surface area contributed by atoms with Crippen LogP contribution in [-0.2, 0) is 7.05 Å². The normalized spacial score (nSPS) is 17.2. The molecule has 1 saturated heterocycles. The fourth-order valence-corrected chi connectivity index (χ4v) is 3.93. The number of carbonyl (C=O) groups is 1. The van der Waals surface area contributed by atoms with Crippen molar-refractivity contribution in [3.63, 3.8) is 0 Å². The maximum absolute atomic E-state index is 13.0. The molecule has 7 heteroatoms. The first-order chi connectivity index (χ1) is 11.6. The molecule has 0 aliphatic carbocycles. The van der Waals surface area contributed by atoms with E-state index in [4.69, 9.17) is 0 Å². The summed E-state index contributed by atoms with van der Waals surface area (Å²) in [5.41, 5.74) is 1.43. The van der Waals surface area contributed by atoms with Gasteiger partial charge in [-0.1, -0.05) is 13.0 Å². The van der Waals surface area contributed by atoms with Crippen LogP contribution in [0.4, 0.5) is 0 Å². The van der Waals surface area contributed by atoms with Crippen molar-refractivity contribution in [1.29, 1.82) is 0 Å². The summed E-state index contributed by atoms with van der Waals surface area (Å²) in [5.74, 6) is 0.0446. The number of carbonyl (C=O) groups excluding carboxylic acids is 1. The molecule has 3 heterocycles. The van der Waals surface area contributed by atoms with Crippen LogP contribution in [0.2, 0.25) is 0 Å². The lowest BCUT2D eigenvalue weighted by Crippen LogP contribution is -2.52. The average molecular weight is 348 g/mol. The zero-order valence-corrected chi connectivity index (χ0v) is 15.0. The van der Waals surface area contributed by atoms with Crippen molar-refractivity contribution < 1.29 is 9.90 Å². The number of amides is 1. The summed E-state index contributed by atoms with van der Waals surface area (Å²) in [6.45, 7) is 5.25. The monoisotopic (exact) mass is 348 g/mol. The van der Waals surface area contributed by atoms with Gasteiger partial charge in [0, 0.05) is 45.5 Å². The third-order valence-corrected chi connectivity index (χ3v) is 5.49. The molecule has 3 rings (SSSR count). The topological polar surface area (TPSA) is 61.6 Å². The number of hydrogen-bond donors (Lipinski definition) is 1. The molecule has 0 spiro atoms. The number of aryl methyl sites for hydroxylation is 1. The summed E-state index contributed by atoms with van der Waals surface area (Å²) >= 11 is 1.60. The van der Waals surface area contributed by atoms with Gasteiger partial charge in [-0.2, -0.15) is 5.10 Å². The number of rotatable bonds is 5. The Hall–Kier alpha value is -1.70. The van der Waals surface area contributed by atoms with E-state index in [2.05, 4.69) is 16.9 Å². The fraction of sp³-hybridized carbons (Fsp3) is 0.529. The first-order valence-corrected chi connectivity index (χ1v) is 9.23. The SMILES string of the molecule is CCC(CO)N1CCN(C(=O)c2cn(C)nc2-c2cccs2)CC1. The molecule has 2 aromatic heterocycles. The van der Waals surface area contributed by atoms with Crippen molar-refractivity contribution >= 4 is 17.2 Å². The first-order valence-electron chi connectivity index (χ1n) is 8.35. The van der Waals surface area contributed by atoms with Crippen LogP contribution >= 0.6 is 11.3 Å². The molecule has 1 fully saturated rings. The van der Waals surface area contributed by atoms with E-state index in [1.54, 1.807) is 16.0 Å². The average Bonchev–Trinajstić information content (AvgIpc) is 3.25. The number of aliphatic hydroxyl groups excluding tert-OH is 1. The van der Waals surface area contributed by atoms with Gasteiger partial charge in [0.1, 0.15) is 5.69 Å². The van der Waals surface area contributed by atoms with Crippen LogP contribution in [0.25, 0.3) is 10.6 Å². The van der Waals surface area contributed by atoms with Crippen LogP contribution < -0.4 is 0 Å². The predicted octanol–water partition coefficient (Wildman–Crippen LogP) is 1.68. The van der Waals surface area contributed by atoms with E-state index in [1.165, 1.54) is 0 Å². The van der Waals surface area contributed by atoms with Gasteiger partial charge in [0.2, 0.25) is 0 Å². The van der Waals surface area contributed by atoms with Gasteiger partial charge in [-0.25, -0.2) is 0 Å². The van der Waals surface area contributed by atoms with Crippen LogP contribution in [0.15, 0.2) is 23.7 Å². The Morgan fingerprint density at radius 1 is 1.38 bits per heavy atom. The number of piperazine rings is 1. The molecule has 130 valence electrons. The van der Waals surface area contributed by atoms with E-state index in [0.29, 0.717) is 18.7 Å². The van der Waals surface area contributed by atoms with Gasteiger partial charge in [0.15, 0.2) is 0 Å². The van der Waals surface area contributed by atoms with E-state index in [9.17, 15) is 9.90 Å². The predicted molar refractivity (Wildman–Crippen MR) is 95.2 cm³/mol. The minimum atomic E-state index is 0.0446. The molecular formula is C17H24N4O2S. The van der Waals surface area contributed by atoms with E-state index in [0.717, 1.165) is 30.1 Å². The maximum Gasteiger partial charge on any atom is 0.257 e. The van der Waals surface area contributed by atoms with Crippen molar-refractivity contribution in [1.82, 2.24) is 19.6 Å². The van der Waals surface area contributed by atoms with Gasteiger partial charge in [-0.15, -0.1) is 11.3 Å². The van der Waals surface area contributed by atoms with Gasteiger partial charge in [0.05, 0.1) is 17.0 Å². The van der Waals surface area contributed by atoms with Crippen LogP contribution in [0.1, 0.15) is 23.7 Å². The quantitative estimate of drug-likeness (QED) is 0.893. The zero-order chi connectivity index (χ0) is 17.1. The second-order valence-electron chi connectivity index (χ2n) is 6.12. The second-order valence-corrected chi connectivity index (χ2v) is 7.06. The van der Waals surface area contributed by atoms with Gasteiger partial charge in [-0.05, 0) is 17.9 Å². The molecule has 1 aliphatic rings. The third kappa shape index (κ3) is 3.38. The highest BCUT2D eigenvalue weighted by Crippen LogP contribution is 2.27. The van der Waals surface area contributed by atoms with E-state index < -0.39 is 0 Å². The molecule has 1 amide bonds. The molecule has 0 aromatic carbocycles. The summed E-state index contributed by atoms with van der Waals surface area (Å²) in [5, 5.41) is 15.9. The van der Waals surface area contributed by atoms with Gasteiger partial charge in [0.25, 0.3) is 5.91 Å². The Morgan fingerprint density at radius 3 is 2.71 bits per heavy atom. The minimum Gasteiger partial charge on any atom is -0.395 e. The van der Waals surface area contributed by atoms with E-state index in [1.807, 2.05) is 35.7 Å². The Morgan fingerprint density at radius 2 is 2.12 bits per heavy atom. The lowest BCUT2D eigenvalue weighted by Gasteiger charge is -2.38. The molecule has 0 saturated carbocycles. The highest BCUT2D eigenvalue weighted by Gasteiger charge is 2.28. The second kappa shape index (κ2) is 7.46. The van der Waals surface area contributed by atoms with Crippen molar-refractivity contribution in [3.05, 3.63) is 29.3 Å². The minimum absolute atomic E-state index is 0.0446. The Bertz CT molecular complexity index is 671. The molecular weight excluding hydrogens is 324 g/mol. The zero-order valence-electron chi connectivity index (χ0n) is 14.2. The number of aliphatic hydroxyl groups is 1. The lowest BCUT2D eigenvalue weighted by molar-refractivity contribution is 0.0473. The summed E-state index contributed by atoms with van der Waals surface area (Å²) in [6.07, 6.45) is 2.74. The smallest absolute Gasteiger partial charge is 0.257 e. The summed E-state index contributed by atoms with van der Waals surface area (Å²) in [4.78, 5) is 18.1. The van der Waals surface area contributed by atoms with Crippen LogP contribution in [0.3, 0.4) is 0 Å². The number of thiophene rings is 1. The van der Waals surface area contributed by atoms with Crippen LogP contribution in [0, 0.1) is 0 Å². The lowest BCUT2D eigenvalue weighted by atomic mass is 10.1. The standard InChI is InChI=1S/C17H24N4O2S/c1-3-13(12-22)20-6-8-21(9-7-20)17(23)14-11-19(2)18-16(14)15-5-4-10-24-15/h4-5,10-11,13,22H,3,6-9,12H2,1-2H3. The summed E-state index contributed by atoms with van der Waals surface area (Å²) in [7, 11) is 1.85. The largest absolute Gasteiger partial charge is 0.395 e.